The summed E-state index contributed by atoms with van der Waals surface area (Å²) in [5.41, 5.74) is 3.66. The number of thiocarbonyl (C=S) groups is 1. The number of non-ortho nitro benzene ring substituents is 1. The highest BCUT2D eigenvalue weighted by molar-refractivity contribution is 7.80. The van der Waals surface area contributed by atoms with E-state index in [1.807, 2.05) is 30.3 Å². The van der Waals surface area contributed by atoms with E-state index in [9.17, 15) is 15.2 Å². The molecule has 2 aromatic carbocycles. The van der Waals surface area contributed by atoms with Crippen molar-refractivity contribution in [1.29, 1.82) is 0 Å². The molecule has 0 aromatic heterocycles. The van der Waals surface area contributed by atoms with Gasteiger partial charge in [0, 0.05) is 17.8 Å². The lowest BCUT2D eigenvalue weighted by Crippen LogP contribution is -2.82. The Hall–Kier alpha value is -3.00. The predicted molar refractivity (Wildman–Crippen MR) is 86.7 cm³/mol. The van der Waals surface area contributed by atoms with E-state index >= 15 is 0 Å². The predicted octanol–water partition coefficient (Wildman–Crippen LogP) is 0.702. The van der Waals surface area contributed by atoms with Crippen molar-refractivity contribution in [3.63, 3.8) is 0 Å². The Morgan fingerprint density at radius 3 is 2.68 bits per heavy atom. The van der Waals surface area contributed by atoms with Crippen LogP contribution in [-0.2, 0) is 0 Å². The van der Waals surface area contributed by atoms with Crippen LogP contribution in [0.4, 0.5) is 11.4 Å². The molecule has 2 rings (SSSR count). The topological polar surface area (TPSA) is 101 Å². The lowest BCUT2D eigenvalue weighted by Gasteiger charge is -2.03. The lowest BCUT2D eigenvalue weighted by atomic mass is 10.2. The van der Waals surface area contributed by atoms with Gasteiger partial charge < -0.3 is 10.4 Å². The maximum absolute atomic E-state index is 10.7. The van der Waals surface area contributed by atoms with Crippen molar-refractivity contribution < 1.29 is 15.1 Å². The van der Waals surface area contributed by atoms with E-state index in [2.05, 4.69) is 15.8 Å². The van der Waals surface area contributed by atoms with E-state index in [1.54, 1.807) is 0 Å². The highest BCUT2D eigenvalue weighted by Gasteiger charge is 2.10. The van der Waals surface area contributed by atoms with Gasteiger partial charge in [0.2, 0.25) is 11.3 Å². The highest BCUT2D eigenvalue weighted by Crippen LogP contribution is 2.20. The molecule has 2 aromatic rings. The first-order valence-electron chi connectivity index (χ1n) is 6.24. The molecular weight excluding hydrogens is 304 g/mol. The molecule has 112 valence electrons. The number of hydrogen-bond acceptors (Lipinski definition) is 4. The molecule has 0 unspecified atom stereocenters. The van der Waals surface area contributed by atoms with Crippen LogP contribution >= 0.6 is 12.2 Å². The van der Waals surface area contributed by atoms with Crippen LogP contribution in [0.1, 0.15) is 5.56 Å². The fraction of sp³-hybridized carbons (Fsp3) is 0. The number of nitrogens with zero attached hydrogens (tertiary/aromatic N) is 1. The second-order valence-corrected chi connectivity index (χ2v) is 4.64. The van der Waals surface area contributed by atoms with Crippen LogP contribution in [0.25, 0.3) is 0 Å². The average Bonchev–Trinajstić information content (AvgIpc) is 2.50. The number of rotatable bonds is 4. The Morgan fingerprint density at radius 2 is 2.00 bits per heavy atom. The van der Waals surface area contributed by atoms with E-state index in [0.29, 0.717) is 5.11 Å². The van der Waals surface area contributed by atoms with Crippen molar-refractivity contribution in [2.24, 2.45) is 0 Å². The van der Waals surface area contributed by atoms with Gasteiger partial charge in [0.15, 0.2) is 0 Å². The van der Waals surface area contributed by atoms with Crippen LogP contribution < -0.4 is 15.8 Å². The lowest BCUT2D eigenvalue weighted by molar-refractivity contribution is -0.499. The Morgan fingerprint density at radius 1 is 1.27 bits per heavy atom. The van der Waals surface area contributed by atoms with Gasteiger partial charge in [0.1, 0.15) is 5.75 Å². The molecule has 0 atom stereocenters. The normalized spacial score (nSPS) is 10.4. The minimum absolute atomic E-state index is 0.0816. The maximum atomic E-state index is 10.7. The van der Waals surface area contributed by atoms with E-state index < -0.39 is 4.92 Å². The number of nitrogens with one attached hydrogen (secondary N) is 3. The van der Waals surface area contributed by atoms with Crippen LogP contribution in [0.5, 0.6) is 5.75 Å². The number of phenolic OH excluding ortho intramolecular Hbond substituents is 1. The Bertz CT molecular complexity index is 719. The smallest absolute Gasteiger partial charge is 0.270 e. The van der Waals surface area contributed by atoms with E-state index in [-0.39, 0.29) is 17.0 Å². The summed E-state index contributed by atoms with van der Waals surface area (Å²) in [4.78, 5) is 10.2. The molecule has 0 bridgehead atoms. The van der Waals surface area contributed by atoms with E-state index in [1.165, 1.54) is 24.4 Å². The Labute approximate surface area is 131 Å². The molecule has 0 saturated heterocycles. The number of aromatic hydroxyl groups is 1. The number of nitro benzene ring substituents is 1. The summed E-state index contributed by atoms with van der Waals surface area (Å²) in [5, 5.41) is 26.3. The number of nitro groups is 1. The molecule has 0 spiro atoms. The second-order valence-electron chi connectivity index (χ2n) is 4.23. The minimum atomic E-state index is -0.536. The molecule has 0 fully saturated rings. The summed E-state index contributed by atoms with van der Waals surface area (Å²) in [5.74, 6) is -0.0816. The zero-order valence-corrected chi connectivity index (χ0v) is 12.1. The zero-order valence-electron chi connectivity index (χ0n) is 11.3. The number of anilines is 1. The molecule has 0 aliphatic heterocycles. The van der Waals surface area contributed by atoms with Crippen LogP contribution in [0.3, 0.4) is 0 Å². The van der Waals surface area contributed by atoms with E-state index in [0.717, 1.165) is 5.69 Å². The number of phenols is 1. The molecule has 4 N–H and O–H groups in total. The van der Waals surface area contributed by atoms with Crippen molar-refractivity contribution in [3.8, 4) is 5.75 Å². The van der Waals surface area contributed by atoms with Gasteiger partial charge in [-0.1, -0.05) is 18.2 Å². The van der Waals surface area contributed by atoms with Crippen LogP contribution in [0.2, 0.25) is 0 Å². The van der Waals surface area contributed by atoms with Crippen molar-refractivity contribution in [1.82, 2.24) is 5.43 Å². The SMILES string of the molecule is O=[N+]([O-])c1ccc(O)c(C=[NH+]NC(=S)Nc2ccccc2)c1. The molecule has 0 radical (unpaired) electrons. The summed E-state index contributed by atoms with van der Waals surface area (Å²) in [6.45, 7) is 0. The van der Waals surface area contributed by atoms with Crippen molar-refractivity contribution >= 4 is 34.9 Å². The second kappa shape index (κ2) is 7.14. The summed E-state index contributed by atoms with van der Waals surface area (Å²) in [6.07, 6.45) is 1.38. The summed E-state index contributed by atoms with van der Waals surface area (Å²) >= 11 is 5.08. The number of hydrazone groups is 1. The molecular formula is C14H13N4O3S+. The first kappa shape index (κ1) is 15.4. The van der Waals surface area contributed by atoms with Gasteiger partial charge in [0.25, 0.3) is 5.69 Å². The quantitative estimate of drug-likeness (QED) is 0.287. The standard InChI is InChI=1S/C14H12N4O3S/c19-13-7-6-12(18(20)21)8-10(13)9-15-17-14(22)16-11-4-2-1-3-5-11/h1-9,19H,(H2,16,17,22)/p+1. The molecule has 0 aliphatic carbocycles. The maximum Gasteiger partial charge on any atom is 0.270 e. The van der Waals surface area contributed by atoms with Gasteiger partial charge in [0.05, 0.1) is 10.5 Å². The van der Waals surface area contributed by atoms with Gasteiger partial charge >= 0.3 is 0 Å². The van der Waals surface area contributed by atoms with Crippen LogP contribution in [0, 0.1) is 10.1 Å². The highest BCUT2D eigenvalue weighted by atomic mass is 32.1. The monoisotopic (exact) mass is 317 g/mol. The molecule has 7 nitrogen and oxygen atoms in total. The average molecular weight is 317 g/mol. The van der Waals surface area contributed by atoms with Gasteiger partial charge in [-0.25, -0.2) is 0 Å². The molecule has 22 heavy (non-hydrogen) atoms. The van der Waals surface area contributed by atoms with Crippen molar-refractivity contribution in [3.05, 3.63) is 64.2 Å². The molecule has 8 heteroatoms. The first-order valence-corrected chi connectivity index (χ1v) is 6.65. The van der Waals surface area contributed by atoms with Gasteiger partial charge in [-0.15, -0.1) is 10.5 Å². The molecule has 0 heterocycles. The number of benzene rings is 2. The third-order valence-electron chi connectivity index (χ3n) is 2.67. The van der Waals surface area contributed by atoms with E-state index in [4.69, 9.17) is 12.2 Å². The minimum Gasteiger partial charge on any atom is -0.507 e. The Balaban J connectivity index is 1.99. The molecule has 0 aliphatic rings. The van der Waals surface area contributed by atoms with Gasteiger partial charge in [-0.05, 0) is 30.4 Å². The molecule has 0 saturated carbocycles. The number of hydrazine groups is 1. The van der Waals surface area contributed by atoms with Crippen molar-refractivity contribution in [2.45, 2.75) is 0 Å². The van der Waals surface area contributed by atoms with Gasteiger partial charge in [-0.3, -0.25) is 10.1 Å². The molecule has 0 amide bonds. The fourth-order valence-corrected chi connectivity index (χ4v) is 1.81. The third-order valence-corrected chi connectivity index (χ3v) is 2.87. The Kier molecular flexibility index (Phi) is 4.99. The zero-order chi connectivity index (χ0) is 15.9. The first-order chi connectivity index (χ1) is 10.6. The summed E-state index contributed by atoms with van der Waals surface area (Å²) < 4.78 is 0. The fourth-order valence-electron chi connectivity index (χ4n) is 1.63. The van der Waals surface area contributed by atoms with Crippen molar-refractivity contribution in [2.75, 3.05) is 5.32 Å². The summed E-state index contributed by atoms with van der Waals surface area (Å²) in [7, 11) is 0. The van der Waals surface area contributed by atoms with Gasteiger partial charge in [-0.2, -0.15) is 0 Å². The van der Waals surface area contributed by atoms with Crippen LogP contribution in [-0.4, -0.2) is 21.4 Å². The third kappa shape index (κ3) is 4.25. The summed E-state index contributed by atoms with van der Waals surface area (Å²) in [6, 6.07) is 13.1. The number of hydrogen-bond donors (Lipinski definition) is 4. The number of para-hydroxylation sites is 1. The van der Waals surface area contributed by atoms with Crippen LogP contribution in [0.15, 0.2) is 48.5 Å². The largest absolute Gasteiger partial charge is 0.507 e.